The molecular formula is C23H16ClNO6S. The molecule has 0 saturated carbocycles. The number of rotatable bonds is 7. The maximum Gasteiger partial charge on any atom is 0.335 e. The van der Waals surface area contributed by atoms with Crippen molar-refractivity contribution in [1.29, 1.82) is 0 Å². The minimum atomic E-state index is -1.01. The van der Waals surface area contributed by atoms with Crippen LogP contribution in [0.2, 0.25) is 5.02 Å². The number of carboxylic acid groups (broad SMARTS) is 1. The normalized spacial score (nSPS) is 14.9. The molecule has 9 heteroatoms. The average Bonchev–Trinajstić information content (AvgIpc) is 3.35. The Morgan fingerprint density at radius 1 is 1.09 bits per heavy atom. The molecule has 7 nitrogen and oxygen atoms in total. The number of carboxylic acids is 1. The molecular weight excluding hydrogens is 454 g/mol. The molecule has 0 bridgehead atoms. The second-order valence-corrected chi connectivity index (χ2v) is 8.10. The van der Waals surface area contributed by atoms with Crippen LogP contribution >= 0.6 is 23.4 Å². The Morgan fingerprint density at radius 3 is 2.56 bits per heavy atom. The van der Waals surface area contributed by atoms with Crippen molar-refractivity contribution in [1.82, 2.24) is 4.90 Å². The van der Waals surface area contributed by atoms with Crippen molar-refractivity contribution in [2.24, 2.45) is 0 Å². The van der Waals surface area contributed by atoms with Gasteiger partial charge in [-0.2, -0.15) is 0 Å². The number of imide groups is 1. The molecule has 0 atom stereocenters. The number of hydrogen-bond acceptors (Lipinski definition) is 6. The number of halogens is 1. The molecule has 1 N–H and O–H groups in total. The SMILES string of the molecule is O=C(O)c1ccc(-c2ccc(/C=C3\SC(=O)N(CCOc4ccccc4Cl)C3=O)o2)cc1. The molecule has 4 rings (SSSR count). The van der Waals surface area contributed by atoms with Gasteiger partial charge in [-0.25, -0.2) is 4.79 Å². The molecule has 2 amide bonds. The van der Waals surface area contributed by atoms with E-state index in [1.165, 1.54) is 18.2 Å². The van der Waals surface area contributed by atoms with E-state index in [4.69, 9.17) is 25.9 Å². The van der Waals surface area contributed by atoms with E-state index in [-0.39, 0.29) is 28.9 Å². The predicted octanol–water partition coefficient (Wildman–Crippen LogP) is 5.41. The van der Waals surface area contributed by atoms with Gasteiger partial charge < -0.3 is 14.3 Å². The van der Waals surface area contributed by atoms with Gasteiger partial charge in [0, 0.05) is 11.6 Å². The smallest absolute Gasteiger partial charge is 0.335 e. The van der Waals surface area contributed by atoms with Crippen LogP contribution in [0.25, 0.3) is 17.4 Å². The highest BCUT2D eigenvalue weighted by molar-refractivity contribution is 8.18. The first kappa shape index (κ1) is 21.7. The van der Waals surface area contributed by atoms with E-state index in [1.54, 1.807) is 48.5 Å². The fourth-order valence-corrected chi connectivity index (χ4v) is 4.03. The van der Waals surface area contributed by atoms with Crippen molar-refractivity contribution in [3.63, 3.8) is 0 Å². The summed E-state index contributed by atoms with van der Waals surface area (Å²) >= 11 is 6.86. The summed E-state index contributed by atoms with van der Waals surface area (Å²) in [7, 11) is 0. The van der Waals surface area contributed by atoms with Gasteiger partial charge in [0.05, 0.1) is 22.0 Å². The zero-order chi connectivity index (χ0) is 22.7. The molecule has 1 aromatic heterocycles. The van der Waals surface area contributed by atoms with Crippen molar-refractivity contribution in [2.75, 3.05) is 13.2 Å². The minimum Gasteiger partial charge on any atom is -0.490 e. The van der Waals surface area contributed by atoms with Crippen molar-refractivity contribution in [2.45, 2.75) is 0 Å². The van der Waals surface area contributed by atoms with Crippen LogP contribution in [0.4, 0.5) is 4.79 Å². The molecule has 0 radical (unpaired) electrons. The van der Waals surface area contributed by atoms with Crippen molar-refractivity contribution >= 4 is 46.6 Å². The number of ether oxygens (including phenoxy) is 1. The Bertz CT molecular complexity index is 1220. The summed E-state index contributed by atoms with van der Waals surface area (Å²) in [5.74, 6) is -0.0342. The molecule has 0 aliphatic carbocycles. The van der Waals surface area contributed by atoms with Crippen LogP contribution in [0.5, 0.6) is 5.75 Å². The second-order valence-electron chi connectivity index (χ2n) is 6.70. The fourth-order valence-electron chi connectivity index (χ4n) is 2.99. The molecule has 2 heterocycles. The minimum absolute atomic E-state index is 0.0898. The van der Waals surface area contributed by atoms with Gasteiger partial charge in [0.1, 0.15) is 23.9 Å². The monoisotopic (exact) mass is 469 g/mol. The number of carbonyl (C=O) groups is 3. The third-order valence-corrected chi connectivity index (χ3v) is 5.82. The molecule has 1 aliphatic heterocycles. The summed E-state index contributed by atoms with van der Waals surface area (Å²) in [4.78, 5) is 37.3. The molecule has 0 unspecified atom stereocenters. The Morgan fingerprint density at radius 2 is 1.84 bits per heavy atom. The fraction of sp³-hybridized carbons (Fsp3) is 0.0870. The van der Waals surface area contributed by atoms with E-state index in [9.17, 15) is 14.4 Å². The van der Waals surface area contributed by atoms with E-state index >= 15 is 0 Å². The highest BCUT2D eigenvalue weighted by Gasteiger charge is 2.35. The van der Waals surface area contributed by atoms with Crippen LogP contribution in [0, 0.1) is 0 Å². The summed E-state index contributed by atoms with van der Waals surface area (Å²) < 4.78 is 11.3. The number of amides is 2. The highest BCUT2D eigenvalue weighted by atomic mass is 35.5. The lowest BCUT2D eigenvalue weighted by Crippen LogP contribution is -2.32. The molecule has 3 aromatic rings. The Kier molecular flexibility index (Phi) is 6.34. The zero-order valence-corrected chi connectivity index (χ0v) is 18.1. The number of aromatic carboxylic acids is 1. The van der Waals surface area contributed by atoms with Gasteiger partial charge >= 0.3 is 5.97 Å². The van der Waals surface area contributed by atoms with Gasteiger partial charge in [-0.15, -0.1) is 0 Å². The molecule has 1 aliphatic rings. The van der Waals surface area contributed by atoms with Crippen molar-refractivity contribution in [3.8, 4) is 17.1 Å². The second kappa shape index (κ2) is 9.33. The van der Waals surface area contributed by atoms with Crippen LogP contribution in [0.1, 0.15) is 16.1 Å². The maximum atomic E-state index is 12.6. The van der Waals surface area contributed by atoms with Gasteiger partial charge in [-0.05, 0) is 48.2 Å². The lowest BCUT2D eigenvalue weighted by molar-refractivity contribution is -0.123. The first-order valence-corrected chi connectivity index (χ1v) is 10.7. The van der Waals surface area contributed by atoms with Crippen LogP contribution in [-0.2, 0) is 4.79 Å². The van der Waals surface area contributed by atoms with Crippen LogP contribution in [-0.4, -0.2) is 40.3 Å². The molecule has 162 valence electrons. The number of benzene rings is 2. The molecule has 2 aromatic carbocycles. The molecule has 1 fully saturated rings. The Hall–Kier alpha value is -3.49. The Labute approximate surface area is 192 Å². The summed E-state index contributed by atoms with van der Waals surface area (Å²) in [5.41, 5.74) is 0.868. The summed E-state index contributed by atoms with van der Waals surface area (Å²) in [6.07, 6.45) is 1.51. The number of para-hydroxylation sites is 1. The highest BCUT2D eigenvalue weighted by Crippen LogP contribution is 2.33. The van der Waals surface area contributed by atoms with Gasteiger partial charge in [-0.1, -0.05) is 35.9 Å². The number of furan rings is 1. The lowest BCUT2D eigenvalue weighted by atomic mass is 10.1. The molecule has 1 saturated heterocycles. The van der Waals surface area contributed by atoms with Crippen LogP contribution in [0.3, 0.4) is 0 Å². The van der Waals surface area contributed by atoms with Crippen LogP contribution in [0.15, 0.2) is 70.0 Å². The first-order chi connectivity index (χ1) is 15.4. The maximum absolute atomic E-state index is 12.6. The van der Waals surface area contributed by atoms with Gasteiger partial charge in [0.25, 0.3) is 11.1 Å². The third kappa shape index (κ3) is 4.71. The van der Waals surface area contributed by atoms with Gasteiger partial charge in [0.2, 0.25) is 0 Å². The largest absolute Gasteiger partial charge is 0.490 e. The van der Waals surface area contributed by atoms with E-state index in [0.29, 0.717) is 27.9 Å². The van der Waals surface area contributed by atoms with E-state index in [0.717, 1.165) is 16.7 Å². The quantitative estimate of drug-likeness (QED) is 0.462. The zero-order valence-electron chi connectivity index (χ0n) is 16.5. The topological polar surface area (TPSA) is 97.0 Å². The number of nitrogens with zero attached hydrogens (tertiary/aromatic N) is 1. The van der Waals surface area contributed by atoms with Crippen LogP contribution < -0.4 is 4.74 Å². The predicted molar refractivity (Wildman–Crippen MR) is 121 cm³/mol. The van der Waals surface area contributed by atoms with Gasteiger partial charge in [0.15, 0.2) is 0 Å². The first-order valence-electron chi connectivity index (χ1n) is 9.48. The van der Waals surface area contributed by atoms with E-state index in [1.807, 2.05) is 0 Å². The number of thioether (sulfide) groups is 1. The lowest BCUT2D eigenvalue weighted by Gasteiger charge is -2.13. The van der Waals surface area contributed by atoms with Crippen molar-refractivity contribution in [3.05, 3.63) is 81.9 Å². The van der Waals surface area contributed by atoms with E-state index in [2.05, 4.69) is 0 Å². The van der Waals surface area contributed by atoms with Gasteiger partial charge in [-0.3, -0.25) is 14.5 Å². The molecule has 0 spiro atoms. The Balaban J connectivity index is 1.41. The summed E-state index contributed by atoms with van der Waals surface area (Å²) in [5, 5.41) is 9.05. The number of hydrogen-bond donors (Lipinski definition) is 1. The van der Waals surface area contributed by atoms with E-state index < -0.39 is 11.9 Å². The van der Waals surface area contributed by atoms with Crippen molar-refractivity contribution < 1.29 is 28.6 Å². The number of carbonyl (C=O) groups excluding carboxylic acids is 2. The summed E-state index contributed by atoms with van der Waals surface area (Å²) in [6.45, 7) is 0.207. The molecule has 32 heavy (non-hydrogen) atoms. The average molecular weight is 470 g/mol. The standard InChI is InChI=1S/C23H16ClNO6S/c24-17-3-1-2-4-19(17)30-12-11-25-21(26)20(32-23(25)29)13-16-9-10-18(31-16)14-5-7-15(8-6-14)22(27)28/h1-10,13H,11-12H2,(H,27,28)/b20-13-. The third-order valence-electron chi connectivity index (χ3n) is 4.60. The summed E-state index contributed by atoms with van der Waals surface area (Å²) in [6, 6.07) is 16.6.